The lowest BCUT2D eigenvalue weighted by atomic mass is 10.0. The van der Waals surface area contributed by atoms with E-state index in [0.29, 0.717) is 33.2 Å². The van der Waals surface area contributed by atoms with E-state index < -0.39 is 0 Å². The van der Waals surface area contributed by atoms with E-state index in [-0.39, 0.29) is 12.5 Å². The molecule has 1 amide bonds. The van der Waals surface area contributed by atoms with E-state index in [1.807, 2.05) is 13.0 Å². The summed E-state index contributed by atoms with van der Waals surface area (Å²) < 4.78 is 5.50. The molecule has 10 heteroatoms. The first-order valence-electron chi connectivity index (χ1n) is 12.0. The summed E-state index contributed by atoms with van der Waals surface area (Å²) in [6.45, 7) is 6.14. The number of nitrogens with zero attached hydrogens (tertiary/aromatic N) is 5. The number of piperidine rings is 1. The Hall–Kier alpha value is -2.68. The van der Waals surface area contributed by atoms with Gasteiger partial charge in [0.05, 0.1) is 22.6 Å². The number of rotatable bonds is 6. The fraction of sp³-hybridized carbons (Fsp3) is 0.440. The molecule has 0 atom stereocenters. The average molecular weight is 515 g/mol. The van der Waals surface area contributed by atoms with E-state index in [1.165, 1.54) is 25.9 Å². The molecular formula is C25H28Cl2N6O2. The predicted octanol–water partition coefficient (Wildman–Crippen LogP) is 4.72. The molecule has 0 bridgehead atoms. The molecule has 5 rings (SSSR count). The first-order chi connectivity index (χ1) is 17.0. The average Bonchev–Trinajstić information content (AvgIpc) is 3.39. The van der Waals surface area contributed by atoms with Gasteiger partial charge in [-0.05, 0) is 70.0 Å². The summed E-state index contributed by atoms with van der Waals surface area (Å²) in [6.07, 6.45) is 6.53. The number of hydrogen-bond donors (Lipinski definition) is 1. The van der Waals surface area contributed by atoms with Gasteiger partial charge in [-0.15, -0.1) is 0 Å². The van der Waals surface area contributed by atoms with Gasteiger partial charge in [-0.2, -0.15) is 4.98 Å². The highest BCUT2D eigenvalue weighted by Gasteiger charge is 2.27. The van der Waals surface area contributed by atoms with Crippen LogP contribution in [0.15, 0.2) is 30.5 Å². The van der Waals surface area contributed by atoms with Crippen molar-refractivity contribution in [3.8, 4) is 5.75 Å². The second kappa shape index (κ2) is 10.5. The molecule has 8 nitrogen and oxygen atoms in total. The van der Waals surface area contributed by atoms with Crippen LogP contribution in [0.4, 0.5) is 11.6 Å². The van der Waals surface area contributed by atoms with Crippen LogP contribution in [0.3, 0.4) is 0 Å². The molecule has 0 saturated carbocycles. The van der Waals surface area contributed by atoms with Crippen molar-refractivity contribution in [2.24, 2.45) is 0 Å². The number of pyridine rings is 1. The maximum Gasteiger partial charge on any atom is 0.262 e. The van der Waals surface area contributed by atoms with Crippen molar-refractivity contribution in [2.75, 3.05) is 43.0 Å². The number of aryl methyl sites for hydroxylation is 1. The molecule has 0 radical (unpaired) electrons. The van der Waals surface area contributed by atoms with Crippen molar-refractivity contribution in [3.63, 3.8) is 0 Å². The number of halogens is 2. The third kappa shape index (κ3) is 5.60. The summed E-state index contributed by atoms with van der Waals surface area (Å²) in [4.78, 5) is 31.3. The lowest BCUT2D eigenvalue weighted by Crippen LogP contribution is -2.44. The van der Waals surface area contributed by atoms with Gasteiger partial charge in [0.2, 0.25) is 5.95 Å². The second-order valence-electron chi connectivity index (χ2n) is 9.08. The van der Waals surface area contributed by atoms with Crippen LogP contribution in [0.25, 0.3) is 11.0 Å². The zero-order chi connectivity index (χ0) is 24.4. The molecule has 35 heavy (non-hydrogen) atoms. The number of ether oxygens (including phenoxy) is 1. The normalized spacial score (nSPS) is 17.2. The largest absolute Gasteiger partial charge is 0.482 e. The SMILES string of the molecule is Cc1nc(N2CCC(N3CCCC3)CC2)nc2ncc(NC(=O)COc3ccc(Cl)cc3Cl)cc12. The van der Waals surface area contributed by atoms with Crippen LogP contribution in [0, 0.1) is 6.92 Å². The lowest BCUT2D eigenvalue weighted by Gasteiger charge is -2.36. The predicted molar refractivity (Wildman–Crippen MR) is 139 cm³/mol. The lowest BCUT2D eigenvalue weighted by molar-refractivity contribution is -0.118. The van der Waals surface area contributed by atoms with E-state index in [4.69, 9.17) is 37.9 Å². The topological polar surface area (TPSA) is 83.5 Å². The monoisotopic (exact) mass is 514 g/mol. The number of nitrogens with one attached hydrogen (secondary N) is 1. The molecule has 2 aliphatic rings. The quantitative estimate of drug-likeness (QED) is 0.509. The molecule has 0 aliphatic carbocycles. The van der Waals surface area contributed by atoms with Crippen LogP contribution < -0.4 is 15.0 Å². The Labute approximate surface area is 214 Å². The van der Waals surface area contributed by atoms with Crippen molar-refractivity contribution < 1.29 is 9.53 Å². The van der Waals surface area contributed by atoms with Crippen molar-refractivity contribution in [1.29, 1.82) is 0 Å². The van der Waals surface area contributed by atoms with E-state index in [9.17, 15) is 4.79 Å². The van der Waals surface area contributed by atoms with Gasteiger partial charge in [-0.25, -0.2) is 9.97 Å². The molecule has 2 saturated heterocycles. The summed E-state index contributed by atoms with van der Waals surface area (Å²) in [6, 6.07) is 7.37. The second-order valence-corrected chi connectivity index (χ2v) is 9.92. The van der Waals surface area contributed by atoms with Gasteiger partial charge in [0.25, 0.3) is 5.91 Å². The Morgan fingerprint density at radius 2 is 1.89 bits per heavy atom. The minimum atomic E-state index is -0.326. The molecule has 3 aromatic rings. The molecule has 0 unspecified atom stereocenters. The molecule has 0 spiro atoms. The first kappa shape index (κ1) is 24.0. The summed E-state index contributed by atoms with van der Waals surface area (Å²) in [5.41, 5.74) is 2.01. The number of fused-ring (bicyclic) bond motifs is 1. The molecule has 2 fully saturated rings. The van der Waals surface area contributed by atoms with E-state index >= 15 is 0 Å². The maximum atomic E-state index is 12.4. The Morgan fingerprint density at radius 3 is 2.63 bits per heavy atom. The number of amides is 1. The van der Waals surface area contributed by atoms with Crippen LogP contribution in [0.2, 0.25) is 10.0 Å². The summed E-state index contributed by atoms with van der Waals surface area (Å²) in [7, 11) is 0. The molecular weight excluding hydrogens is 487 g/mol. The van der Waals surface area contributed by atoms with Crippen LogP contribution in [0.5, 0.6) is 5.75 Å². The van der Waals surface area contributed by atoms with Gasteiger partial charge in [0, 0.05) is 29.5 Å². The zero-order valence-electron chi connectivity index (χ0n) is 19.6. The van der Waals surface area contributed by atoms with Crippen molar-refractivity contribution in [2.45, 2.75) is 38.6 Å². The molecule has 184 valence electrons. The number of aromatic nitrogens is 3. The van der Waals surface area contributed by atoms with Crippen molar-refractivity contribution in [3.05, 3.63) is 46.2 Å². The smallest absolute Gasteiger partial charge is 0.262 e. The Morgan fingerprint density at radius 1 is 1.11 bits per heavy atom. The fourth-order valence-electron chi connectivity index (χ4n) is 4.82. The highest BCUT2D eigenvalue weighted by molar-refractivity contribution is 6.35. The number of carbonyl (C=O) groups is 1. The summed E-state index contributed by atoms with van der Waals surface area (Å²) >= 11 is 12.0. The van der Waals surface area contributed by atoms with E-state index in [2.05, 4.69) is 20.1 Å². The van der Waals surface area contributed by atoms with Crippen molar-refractivity contribution >= 4 is 51.8 Å². The van der Waals surface area contributed by atoms with Crippen molar-refractivity contribution in [1.82, 2.24) is 19.9 Å². The Kier molecular flexibility index (Phi) is 7.22. The van der Waals surface area contributed by atoms with E-state index in [1.54, 1.807) is 24.4 Å². The van der Waals surface area contributed by atoms with Crippen LogP contribution in [-0.2, 0) is 4.79 Å². The number of anilines is 2. The van der Waals surface area contributed by atoms with Gasteiger partial charge in [-0.1, -0.05) is 23.2 Å². The minimum absolute atomic E-state index is 0.193. The maximum absolute atomic E-state index is 12.4. The summed E-state index contributed by atoms with van der Waals surface area (Å²) in [5, 5.41) is 4.46. The van der Waals surface area contributed by atoms with Gasteiger partial charge in [0.1, 0.15) is 5.75 Å². The van der Waals surface area contributed by atoms with Gasteiger partial charge < -0.3 is 19.9 Å². The molecule has 2 aromatic heterocycles. The van der Waals surface area contributed by atoms with Gasteiger partial charge in [0.15, 0.2) is 12.3 Å². The number of benzene rings is 1. The molecule has 1 aromatic carbocycles. The van der Waals surface area contributed by atoms with Crippen LogP contribution in [0.1, 0.15) is 31.4 Å². The number of carbonyl (C=O) groups excluding carboxylic acids is 1. The number of hydrogen-bond acceptors (Lipinski definition) is 7. The third-order valence-corrected chi connectivity index (χ3v) is 7.20. The summed E-state index contributed by atoms with van der Waals surface area (Å²) in [5.74, 6) is 0.796. The highest BCUT2D eigenvalue weighted by atomic mass is 35.5. The third-order valence-electron chi connectivity index (χ3n) is 6.67. The standard InChI is InChI=1S/C25H28Cl2N6O2/c1-16-20-13-18(30-23(34)15-35-22-5-4-17(26)12-21(22)27)14-28-24(20)31-25(29-16)33-10-6-19(7-11-33)32-8-2-3-9-32/h4-5,12-14,19H,2-3,6-11,15H2,1H3,(H,30,34). The highest BCUT2D eigenvalue weighted by Crippen LogP contribution is 2.28. The Balaban J connectivity index is 1.22. The molecule has 4 heterocycles. The van der Waals surface area contributed by atoms with Gasteiger partial charge >= 0.3 is 0 Å². The zero-order valence-corrected chi connectivity index (χ0v) is 21.1. The van der Waals surface area contributed by atoms with E-state index in [0.717, 1.165) is 43.0 Å². The number of likely N-dealkylation sites (tertiary alicyclic amines) is 1. The molecule has 1 N–H and O–H groups in total. The molecule has 2 aliphatic heterocycles. The first-order valence-corrected chi connectivity index (χ1v) is 12.7. The Bertz CT molecular complexity index is 1230. The van der Waals surface area contributed by atoms with Crippen LogP contribution >= 0.6 is 23.2 Å². The fourth-order valence-corrected chi connectivity index (χ4v) is 5.29. The minimum Gasteiger partial charge on any atom is -0.482 e. The van der Waals surface area contributed by atoms with Crippen LogP contribution in [-0.4, -0.2) is 64.6 Å². The van der Waals surface area contributed by atoms with Gasteiger partial charge in [-0.3, -0.25) is 4.79 Å².